The van der Waals surface area contributed by atoms with Gasteiger partial charge in [0.1, 0.15) is 12.1 Å². The van der Waals surface area contributed by atoms with Crippen LogP contribution in [0.4, 0.5) is 0 Å². The zero-order valence-electron chi connectivity index (χ0n) is 14.2. The first-order valence-corrected chi connectivity index (χ1v) is 9.54. The molecule has 9 heteroatoms. The maximum Gasteiger partial charge on any atom is 0.329 e. The zero-order chi connectivity index (χ0) is 18.0. The molecule has 0 rings (SSSR count). The van der Waals surface area contributed by atoms with Crippen molar-refractivity contribution in [1.29, 1.82) is 0 Å². The van der Waals surface area contributed by atoms with Crippen molar-refractivity contribution in [3.63, 3.8) is 0 Å². The average molecular weight is 367 g/mol. The molecule has 0 saturated carbocycles. The van der Waals surface area contributed by atoms with E-state index in [2.05, 4.69) is 10.1 Å². The van der Waals surface area contributed by atoms with E-state index in [1.165, 1.54) is 35.8 Å². The lowest BCUT2D eigenvalue weighted by Gasteiger charge is -2.21. The molecule has 0 saturated heterocycles. The lowest BCUT2D eigenvalue weighted by molar-refractivity contribution is -0.144. The number of carbonyl (C=O) groups excluding carboxylic acids is 3. The standard InChI is InChI=1S/C14H26N2O5S2/c1-14(2,3)6-11(17)16-10(13(19)21-5)8-23-22-7-9(15)12(18)20-4/h9-10H,6-8,15H2,1-5H3,(H,16,17)/t9-,10-/m0/s1. The van der Waals surface area contributed by atoms with Crippen molar-refractivity contribution < 1.29 is 23.9 Å². The third-order valence-electron chi connectivity index (χ3n) is 2.58. The molecule has 0 spiro atoms. The first-order valence-electron chi connectivity index (χ1n) is 7.05. The second kappa shape index (κ2) is 10.8. The molecule has 0 aromatic carbocycles. The van der Waals surface area contributed by atoms with Crippen LogP contribution < -0.4 is 11.1 Å². The molecular weight excluding hydrogens is 340 g/mol. The Morgan fingerprint density at radius 1 is 1.04 bits per heavy atom. The summed E-state index contributed by atoms with van der Waals surface area (Å²) in [5, 5.41) is 2.68. The molecule has 134 valence electrons. The van der Waals surface area contributed by atoms with Gasteiger partial charge in [-0.2, -0.15) is 0 Å². The highest BCUT2D eigenvalue weighted by Crippen LogP contribution is 2.23. The number of nitrogens with two attached hydrogens (primary N) is 1. The van der Waals surface area contributed by atoms with Gasteiger partial charge in [0.25, 0.3) is 0 Å². The van der Waals surface area contributed by atoms with Gasteiger partial charge in [-0.3, -0.25) is 9.59 Å². The molecule has 0 heterocycles. The Morgan fingerprint density at radius 3 is 2.04 bits per heavy atom. The van der Waals surface area contributed by atoms with Crippen LogP contribution in [-0.4, -0.2) is 55.7 Å². The summed E-state index contributed by atoms with van der Waals surface area (Å²) in [6.45, 7) is 5.83. The average Bonchev–Trinajstić information content (AvgIpc) is 2.46. The van der Waals surface area contributed by atoms with Crippen molar-refractivity contribution in [2.45, 2.75) is 39.3 Å². The van der Waals surface area contributed by atoms with E-state index in [0.29, 0.717) is 17.9 Å². The van der Waals surface area contributed by atoms with Crippen LogP contribution >= 0.6 is 21.6 Å². The summed E-state index contributed by atoms with van der Waals surface area (Å²) in [6, 6.07) is -1.45. The van der Waals surface area contributed by atoms with Crippen LogP contribution in [0.15, 0.2) is 0 Å². The van der Waals surface area contributed by atoms with Crippen molar-refractivity contribution in [1.82, 2.24) is 5.32 Å². The molecule has 0 unspecified atom stereocenters. The Bertz CT molecular complexity index is 412. The monoisotopic (exact) mass is 366 g/mol. The Labute approximate surface area is 145 Å². The SMILES string of the molecule is COC(=O)[C@H](CSSC[C@H](N)C(=O)OC)NC(=O)CC(C)(C)C. The van der Waals surface area contributed by atoms with E-state index in [1.54, 1.807) is 0 Å². The largest absolute Gasteiger partial charge is 0.468 e. The highest BCUT2D eigenvalue weighted by atomic mass is 33.1. The first-order chi connectivity index (χ1) is 10.6. The molecule has 0 bridgehead atoms. The number of carbonyl (C=O) groups is 3. The molecule has 0 aliphatic heterocycles. The highest BCUT2D eigenvalue weighted by Gasteiger charge is 2.24. The fourth-order valence-electron chi connectivity index (χ4n) is 1.49. The van der Waals surface area contributed by atoms with Gasteiger partial charge in [-0.05, 0) is 5.41 Å². The fraction of sp³-hybridized carbons (Fsp3) is 0.786. The van der Waals surface area contributed by atoms with E-state index < -0.39 is 24.0 Å². The lowest BCUT2D eigenvalue weighted by atomic mass is 9.92. The van der Waals surface area contributed by atoms with Gasteiger partial charge in [0, 0.05) is 17.9 Å². The quantitative estimate of drug-likeness (QED) is 0.353. The van der Waals surface area contributed by atoms with Crippen LogP contribution in [0.3, 0.4) is 0 Å². The molecule has 3 N–H and O–H groups in total. The number of hydrogen-bond donors (Lipinski definition) is 2. The van der Waals surface area contributed by atoms with Crippen LogP contribution in [0.2, 0.25) is 0 Å². The predicted molar refractivity (Wildman–Crippen MR) is 92.9 cm³/mol. The van der Waals surface area contributed by atoms with Gasteiger partial charge < -0.3 is 20.5 Å². The summed E-state index contributed by atoms with van der Waals surface area (Å²) < 4.78 is 9.23. The normalized spacial score (nSPS) is 13.8. The number of esters is 2. The van der Waals surface area contributed by atoms with E-state index in [4.69, 9.17) is 10.5 Å². The molecule has 0 aliphatic carbocycles. The third-order valence-corrected chi connectivity index (χ3v) is 5.03. The summed E-state index contributed by atoms with van der Waals surface area (Å²) in [5.74, 6) is -0.522. The van der Waals surface area contributed by atoms with Gasteiger partial charge >= 0.3 is 11.9 Å². The molecule has 0 radical (unpaired) electrons. The third kappa shape index (κ3) is 10.5. The second-order valence-electron chi connectivity index (χ2n) is 6.08. The number of ether oxygens (including phenoxy) is 2. The maximum atomic E-state index is 11.9. The van der Waals surface area contributed by atoms with Crippen molar-refractivity contribution in [2.24, 2.45) is 11.1 Å². The van der Waals surface area contributed by atoms with Crippen LogP contribution in [-0.2, 0) is 23.9 Å². The molecule has 0 aromatic rings. The van der Waals surface area contributed by atoms with Crippen LogP contribution in [0.5, 0.6) is 0 Å². The minimum absolute atomic E-state index is 0.167. The van der Waals surface area contributed by atoms with Gasteiger partial charge in [-0.15, -0.1) is 0 Å². The summed E-state index contributed by atoms with van der Waals surface area (Å²) >= 11 is 0. The Morgan fingerprint density at radius 2 is 1.57 bits per heavy atom. The lowest BCUT2D eigenvalue weighted by Crippen LogP contribution is -2.44. The minimum Gasteiger partial charge on any atom is -0.468 e. The number of methoxy groups -OCH3 is 2. The summed E-state index contributed by atoms with van der Waals surface area (Å²) in [6.07, 6.45) is 0.311. The predicted octanol–water partition coefficient (Wildman–Crippen LogP) is 0.962. The van der Waals surface area contributed by atoms with Gasteiger partial charge in [0.15, 0.2) is 0 Å². The Hall–Kier alpha value is -0.930. The molecule has 2 atom stereocenters. The van der Waals surface area contributed by atoms with E-state index in [-0.39, 0.29) is 11.3 Å². The maximum absolute atomic E-state index is 11.9. The topological polar surface area (TPSA) is 108 Å². The summed E-state index contributed by atoms with van der Waals surface area (Å²) in [5.41, 5.74) is 5.44. The van der Waals surface area contributed by atoms with Crippen molar-refractivity contribution in [3.05, 3.63) is 0 Å². The van der Waals surface area contributed by atoms with Gasteiger partial charge in [0.2, 0.25) is 5.91 Å². The first kappa shape index (κ1) is 22.1. The number of amides is 1. The summed E-state index contributed by atoms with van der Waals surface area (Å²) in [4.78, 5) is 34.9. The minimum atomic E-state index is -0.735. The molecule has 0 aliphatic rings. The molecule has 0 aromatic heterocycles. The number of rotatable bonds is 9. The number of nitrogens with one attached hydrogen (secondary N) is 1. The highest BCUT2D eigenvalue weighted by molar-refractivity contribution is 8.76. The molecule has 0 fully saturated rings. The van der Waals surface area contributed by atoms with Crippen LogP contribution in [0.1, 0.15) is 27.2 Å². The van der Waals surface area contributed by atoms with Crippen LogP contribution in [0, 0.1) is 5.41 Å². The Balaban J connectivity index is 4.34. The second-order valence-corrected chi connectivity index (χ2v) is 8.63. The van der Waals surface area contributed by atoms with Crippen molar-refractivity contribution in [2.75, 3.05) is 25.7 Å². The molecule has 7 nitrogen and oxygen atoms in total. The van der Waals surface area contributed by atoms with Gasteiger partial charge in [-0.1, -0.05) is 42.4 Å². The van der Waals surface area contributed by atoms with E-state index in [0.717, 1.165) is 0 Å². The number of hydrogen-bond acceptors (Lipinski definition) is 8. The molecular formula is C14H26N2O5S2. The van der Waals surface area contributed by atoms with Crippen LogP contribution in [0.25, 0.3) is 0 Å². The zero-order valence-corrected chi connectivity index (χ0v) is 15.8. The van der Waals surface area contributed by atoms with Crippen molar-refractivity contribution >= 4 is 39.4 Å². The fourth-order valence-corrected chi connectivity index (χ4v) is 3.75. The van der Waals surface area contributed by atoms with Gasteiger partial charge in [0.05, 0.1) is 14.2 Å². The Kier molecular flexibility index (Phi) is 10.3. The van der Waals surface area contributed by atoms with E-state index >= 15 is 0 Å². The van der Waals surface area contributed by atoms with E-state index in [1.807, 2.05) is 20.8 Å². The van der Waals surface area contributed by atoms with Crippen molar-refractivity contribution in [3.8, 4) is 0 Å². The van der Waals surface area contributed by atoms with Gasteiger partial charge in [-0.25, -0.2) is 4.79 Å². The van der Waals surface area contributed by atoms with E-state index in [9.17, 15) is 14.4 Å². The smallest absolute Gasteiger partial charge is 0.329 e. The summed E-state index contributed by atoms with van der Waals surface area (Å²) in [7, 11) is 5.22. The molecule has 1 amide bonds. The molecule has 23 heavy (non-hydrogen) atoms.